The van der Waals surface area contributed by atoms with Crippen molar-refractivity contribution in [1.29, 1.82) is 0 Å². The first kappa shape index (κ1) is 15.8. The number of nitrogens with one attached hydrogen (secondary N) is 1. The fourth-order valence-corrected chi connectivity index (χ4v) is 4.04. The number of piperidine rings is 3. The summed E-state index contributed by atoms with van der Waals surface area (Å²) >= 11 is 5.97. The van der Waals surface area contributed by atoms with Crippen LogP contribution >= 0.6 is 11.6 Å². The molecular weight excluding hydrogens is 296 g/mol. The summed E-state index contributed by atoms with van der Waals surface area (Å²) in [6.45, 7) is 7.62. The molecule has 1 aromatic rings. The van der Waals surface area contributed by atoms with Gasteiger partial charge < -0.3 is 10.2 Å². The number of nitrogens with zero attached hydrogens (tertiary/aromatic N) is 1. The quantitative estimate of drug-likeness (QED) is 0.923. The first-order chi connectivity index (χ1) is 10.5. The Labute approximate surface area is 138 Å². The van der Waals surface area contributed by atoms with Gasteiger partial charge in [-0.1, -0.05) is 37.6 Å². The molecule has 0 unspecified atom stereocenters. The van der Waals surface area contributed by atoms with Gasteiger partial charge in [-0.05, 0) is 55.5 Å². The first-order valence-corrected chi connectivity index (χ1v) is 8.70. The van der Waals surface area contributed by atoms with Crippen LogP contribution in [-0.4, -0.2) is 36.5 Å². The van der Waals surface area contributed by atoms with Crippen molar-refractivity contribution >= 4 is 17.5 Å². The van der Waals surface area contributed by atoms with E-state index in [2.05, 4.69) is 24.1 Å². The van der Waals surface area contributed by atoms with E-state index in [4.69, 9.17) is 11.6 Å². The van der Waals surface area contributed by atoms with Crippen LogP contribution in [0, 0.1) is 11.8 Å². The number of hydrogen-bond donors (Lipinski definition) is 1. The van der Waals surface area contributed by atoms with Crippen molar-refractivity contribution in [1.82, 2.24) is 10.2 Å². The summed E-state index contributed by atoms with van der Waals surface area (Å²) < 4.78 is 0. The van der Waals surface area contributed by atoms with Crippen molar-refractivity contribution in [3.8, 4) is 0 Å². The van der Waals surface area contributed by atoms with Crippen LogP contribution in [-0.2, 0) is 4.79 Å². The summed E-state index contributed by atoms with van der Waals surface area (Å²) in [5.41, 5.74) is 1.05. The van der Waals surface area contributed by atoms with E-state index in [-0.39, 0.29) is 17.7 Å². The average Bonchev–Trinajstić information content (AvgIpc) is 2.50. The fourth-order valence-electron chi connectivity index (χ4n) is 3.91. The van der Waals surface area contributed by atoms with E-state index < -0.39 is 0 Å². The van der Waals surface area contributed by atoms with Crippen molar-refractivity contribution in [2.45, 2.75) is 38.6 Å². The summed E-state index contributed by atoms with van der Waals surface area (Å²) in [7, 11) is 0. The maximum absolute atomic E-state index is 12.9. The zero-order chi connectivity index (χ0) is 15.7. The Bertz CT molecular complexity index is 520. The standard InChI is InChI=1S/C18H25ClN2O/c1-12(2)17(14-3-5-15(19)6-4-14)18(22)20-16-11-21-9-7-13(16)8-10-21/h3-6,12-13,16-17H,7-11H2,1-2H3,(H,20,22)/t16-,17+/m0/s1. The lowest BCUT2D eigenvalue weighted by Gasteiger charge is -2.45. The van der Waals surface area contributed by atoms with Gasteiger partial charge in [0.25, 0.3) is 0 Å². The lowest BCUT2D eigenvalue weighted by molar-refractivity contribution is -0.125. The van der Waals surface area contributed by atoms with E-state index in [1.165, 1.54) is 25.9 Å². The van der Waals surface area contributed by atoms with Gasteiger partial charge in [0.2, 0.25) is 5.91 Å². The number of hydrogen-bond acceptors (Lipinski definition) is 2. The molecule has 3 heterocycles. The molecule has 0 aromatic heterocycles. The number of rotatable bonds is 4. The van der Waals surface area contributed by atoms with Crippen LogP contribution in [0.3, 0.4) is 0 Å². The molecule has 0 spiro atoms. The second-order valence-electron chi connectivity index (χ2n) is 7.03. The molecule has 120 valence electrons. The highest BCUT2D eigenvalue weighted by Gasteiger charge is 2.36. The van der Waals surface area contributed by atoms with Crippen LogP contribution in [0.1, 0.15) is 38.2 Å². The molecular formula is C18H25ClN2O. The molecule has 0 radical (unpaired) electrons. The molecule has 3 fully saturated rings. The van der Waals surface area contributed by atoms with Gasteiger partial charge in [0.1, 0.15) is 0 Å². The van der Waals surface area contributed by atoms with Crippen LogP contribution < -0.4 is 5.32 Å². The van der Waals surface area contributed by atoms with E-state index in [1.54, 1.807) is 0 Å². The topological polar surface area (TPSA) is 32.3 Å². The SMILES string of the molecule is CC(C)[C@@H](C(=O)N[C@H]1CN2CCC1CC2)c1ccc(Cl)cc1. The molecule has 3 saturated heterocycles. The minimum absolute atomic E-state index is 0.104. The molecule has 0 saturated carbocycles. The Kier molecular flexibility index (Phi) is 4.74. The molecule has 1 amide bonds. The second kappa shape index (κ2) is 6.59. The molecule has 3 nitrogen and oxygen atoms in total. The predicted molar refractivity (Wildman–Crippen MR) is 90.1 cm³/mol. The third-order valence-electron chi connectivity index (χ3n) is 5.16. The highest BCUT2D eigenvalue weighted by Crippen LogP contribution is 2.30. The maximum atomic E-state index is 12.9. The van der Waals surface area contributed by atoms with Crippen molar-refractivity contribution in [3.05, 3.63) is 34.9 Å². The second-order valence-corrected chi connectivity index (χ2v) is 7.46. The van der Waals surface area contributed by atoms with Gasteiger partial charge in [-0.3, -0.25) is 4.79 Å². The third kappa shape index (κ3) is 3.31. The lowest BCUT2D eigenvalue weighted by atomic mass is 9.82. The number of benzene rings is 1. The zero-order valence-corrected chi connectivity index (χ0v) is 14.1. The van der Waals surface area contributed by atoms with E-state index in [9.17, 15) is 4.79 Å². The Morgan fingerprint density at radius 1 is 1.23 bits per heavy atom. The zero-order valence-electron chi connectivity index (χ0n) is 13.4. The minimum atomic E-state index is -0.104. The van der Waals surface area contributed by atoms with Gasteiger partial charge >= 0.3 is 0 Å². The normalized spacial score (nSPS) is 28.6. The molecule has 1 N–H and O–H groups in total. The molecule has 3 aliphatic rings. The van der Waals surface area contributed by atoms with Crippen molar-refractivity contribution in [3.63, 3.8) is 0 Å². The highest BCUT2D eigenvalue weighted by molar-refractivity contribution is 6.30. The smallest absolute Gasteiger partial charge is 0.228 e. The summed E-state index contributed by atoms with van der Waals surface area (Å²) in [6, 6.07) is 8.01. The van der Waals surface area contributed by atoms with E-state index in [1.807, 2.05) is 24.3 Å². The first-order valence-electron chi connectivity index (χ1n) is 8.33. The van der Waals surface area contributed by atoms with Gasteiger partial charge in [-0.2, -0.15) is 0 Å². The van der Waals surface area contributed by atoms with Crippen LogP contribution in [0.25, 0.3) is 0 Å². The summed E-state index contributed by atoms with van der Waals surface area (Å²) in [5, 5.41) is 4.04. The van der Waals surface area contributed by atoms with Crippen LogP contribution in [0.4, 0.5) is 0 Å². The highest BCUT2D eigenvalue weighted by atomic mass is 35.5. The van der Waals surface area contributed by atoms with Gasteiger partial charge in [-0.15, -0.1) is 0 Å². The van der Waals surface area contributed by atoms with Gasteiger partial charge in [0, 0.05) is 17.6 Å². The van der Waals surface area contributed by atoms with Crippen LogP contribution in [0.5, 0.6) is 0 Å². The monoisotopic (exact) mass is 320 g/mol. The average molecular weight is 321 g/mol. The molecule has 2 atom stereocenters. The fraction of sp³-hybridized carbons (Fsp3) is 0.611. The molecule has 4 heteroatoms. The molecule has 4 rings (SSSR count). The van der Waals surface area contributed by atoms with Gasteiger partial charge in [0.15, 0.2) is 0 Å². The van der Waals surface area contributed by atoms with E-state index in [0.717, 1.165) is 12.1 Å². The summed E-state index contributed by atoms with van der Waals surface area (Å²) in [4.78, 5) is 15.3. The lowest BCUT2D eigenvalue weighted by Crippen LogP contribution is -2.58. The van der Waals surface area contributed by atoms with Gasteiger partial charge in [-0.25, -0.2) is 0 Å². The Hall–Kier alpha value is -1.06. The van der Waals surface area contributed by atoms with Gasteiger partial charge in [0.05, 0.1) is 5.92 Å². The van der Waals surface area contributed by atoms with E-state index >= 15 is 0 Å². The summed E-state index contributed by atoms with van der Waals surface area (Å²) in [6.07, 6.45) is 2.44. The molecule has 0 aliphatic carbocycles. The largest absolute Gasteiger partial charge is 0.351 e. The molecule has 2 bridgehead atoms. The molecule has 1 aromatic carbocycles. The number of carbonyl (C=O) groups excluding carboxylic acids is 1. The van der Waals surface area contributed by atoms with Crippen molar-refractivity contribution in [2.75, 3.05) is 19.6 Å². The van der Waals surface area contributed by atoms with Crippen molar-refractivity contribution in [2.24, 2.45) is 11.8 Å². The Balaban J connectivity index is 1.71. The van der Waals surface area contributed by atoms with Crippen molar-refractivity contribution < 1.29 is 4.79 Å². The summed E-state index contributed by atoms with van der Waals surface area (Å²) in [5.74, 6) is 0.984. The predicted octanol–water partition coefficient (Wildman–Crippen LogP) is 3.29. The minimum Gasteiger partial charge on any atom is -0.351 e. The van der Waals surface area contributed by atoms with Crippen LogP contribution in [0.15, 0.2) is 24.3 Å². The number of halogens is 1. The van der Waals surface area contributed by atoms with Crippen LogP contribution in [0.2, 0.25) is 5.02 Å². The number of fused-ring (bicyclic) bond motifs is 3. The number of amides is 1. The Morgan fingerprint density at radius 2 is 1.86 bits per heavy atom. The maximum Gasteiger partial charge on any atom is 0.228 e. The third-order valence-corrected chi connectivity index (χ3v) is 5.41. The number of carbonyl (C=O) groups is 1. The molecule has 3 aliphatic heterocycles. The van der Waals surface area contributed by atoms with E-state index in [0.29, 0.717) is 17.0 Å². The Morgan fingerprint density at radius 3 is 2.36 bits per heavy atom. The molecule has 22 heavy (non-hydrogen) atoms.